The van der Waals surface area contributed by atoms with E-state index in [9.17, 15) is 29.7 Å². The van der Waals surface area contributed by atoms with Gasteiger partial charge in [0.15, 0.2) is 6.10 Å². The van der Waals surface area contributed by atoms with Crippen LogP contribution in [0.3, 0.4) is 0 Å². The Morgan fingerprint density at radius 3 is 1.00 bits per heavy atom. The molecule has 0 aliphatic rings. The molecule has 0 unspecified atom stereocenters. The second-order valence-corrected chi connectivity index (χ2v) is 18.8. The van der Waals surface area contributed by atoms with Crippen LogP contribution in [0, 0.1) is 41.5 Å². The highest BCUT2D eigenvalue weighted by molar-refractivity contribution is 5.72. The van der Waals surface area contributed by atoms with Gasteiger partial charge in [-0.25, -0.2) is 0 Å². The largest absolute Gasteiger partial charge is 0.507 e. The molecule has 0 fully saturated rings. The minimum absolute atomic E-state index is 0.0260. The summed E-state index contributed by atoms with van der Waals surface area (Å²) < 4.78 is 17.0. The fraction of sp³-hybridized carbons (Fsp3) is 0.562. The number of phenolic OH excluding ortho intramolecular Hbond substituents is 3. The van der Waals surface area contributed by atoms with Gasteiger partial charge in [-0.2, -0.15) is 0 Å². The van der Waals surface area contributed by atoms with Crippen LogP contribution in [0.15, 0.2) is 18.2 Å². The van der Waals surface area contributed by atoms with E-state index >= 15 is 0 Å². The number of carbonyl (C=O) groups is 3. The van der Waals surface area contributed by atoms with Crippen LogP contribution in [0.4, 0.5) is 0 Å². The molecule has 3 aromatic rings. The molecule has 0 aliphatic heterocycles. The first-order valence-electron chi connectivity index (χ1n) is 20.1. The quantitative estimate of drug-likeness (QED) is 0.108. The maximum absolute atomic E-state index is 13.3. The number of aromatic hydroxyl groups is 3. The van der Waals surface area contributed by atoms with E-state index in [0.29, 0.717) is 19.3 Å². The molecule has 3 rings (SSSR count). The molecule has 0 aromatic heterocycles. The zero-order valence-electron chi connectivity index (χ0n) is 37.3. The maximum Gasteiger partial charge on any atom is 0.306 e. The highest BCUT2D eigenvalue weighted by Crippen LogP contribution is 2.39. The highest BCUT2D eigenvalue weighted by atomic mass is 16.6. The summed E-state index contributed by atoms with van der Waals surface area (Å²) in [6, 6.07) is 5.83. The number of hydrogen-bond acceptors (Lipinski definition) is 9. The van der Waals surface area contributed by atoms with Crippen molar-refractivity contribution >= 4 is 17.9 Å². The van der Waals surface area contributed by atoms with E-state index in [2.05, 4.69) is 0 Å². The third-order valence-corrected chi connectivity index (χ3v) is 11.3. The van der Waals surface area contributed by atoms with Crippen molar-refractivity contribution in [3.05, 3.63) is 85.0 Å². The summed E-state index contributed by atoms with van der Waals surface area (Å²) in [5.41, 5.74) is 9.35. The average molecular weight is 789 g/mol. The normalized spacial score (nSPS) is 12.2. The Morgan fingerprint density at radius 2 is 0.737 bits per heavy atom. The molecule has 0 radical (unpaired) electrons. The second-order valence-electron chi connectivity index (χ2n) is 18.8. The molecule has 0 amide bonds. The molecule has 57 heavy (non-hydrogen) atoms. The molecule has 0 saturated carbocycles. The van der Waals surface area contributed by atoms with Crippen molar-refractivity contribution in [3.8, 4) is 17.2 Å². The molecule has 0 atom stereocenters. The Balaban J connectivity index is 1.75. The fourth-order valence-electron chi connectivity index (χ4n) is 7.00. The Labute approximate surface area is 341 Å². The van der Waals surface area contributed by atoms with E-state index in [-0.39, 0.29) is 66.0 Å². The molecule has 3 N–H and O–H groups in total. The van der Waals surface area contributed by atoms with Gasteiger partial charge in [-0.3, -0.25) is 14.4 Å². The SMILES string of the molecule is Cc1c(CCC(=O)OCC(COC(=O)CCc2cc(C(C)(C)C)c(O)c(C)c2C)OC(=O)CCc2cc(C(C)(C)C)c(O)c(C)c2C)cc(C(C)(C)C)c(O)c1C. The van der Waals surface area contributed by atoms with Gasteiger partial charge in [0.2, 0.25) is 0 Å². The highest BCUT2D eigenvalue weighted by Gasteiger charge is 2.26. The Hall–Kier alpha value is -4.53. The van der Waals surface area contributed by atoms with Gasteiger partial charge in [0, 0.05) is 19.3 Å². The Bertz CT molecular complexity index is 1870. The van der Waals surface area contributed by atoms with E-state index < -0.39 is 24.0 Å². The van der Waals surface area contributed by atoms with Crippen LogP contribution in [0.2, 0.25) is 0 Å². The number of benzene rings is 3. The van der Waals surface area contributed by atoms with Gasteiger partial charge in [0.05, 0.1) is 0 Å². The number of hydrogen-bond donors (Lipinski definition) is 3. The summed E-state index contributed by atoms with van der Waals surface area (Å²) in [6.45, 7) is 29.0. The van der Waals surface area contributed by atoms with Crippen LogP contribution in [0.25, 0.3) is 0 Å². The summed E-state index contributed by atoms with van der Waals surface area (Å²) in [5, 5.41) is 32.4. The number of esters is 3. The monoisotopic (exact) mass is 788 g/mol. The van der Waals surface area contributed by atoms with Gasteiger partial charge in [0.25, 0.3) is 0 Å². The molecule has 0 saturated heterocycles. The average Bonchev–Trinajstić information content (AvgIpc) is 3.10. The van der Waals surface area contributed by atoms with Crippen LogP contribution in [-0.4, -0.2) is 52.5 Å². The topological polar surface area (TPSA) is 140 Å². The molecular weight excluding hydrogens is 721 g/mol. The lowest BCUT2D eigenvalue weighted by Gasteiger charge is -2.24. The second kappa shape index (κ2) is 18.4. The first-order chi connectivity index (χ1) is 26.1. The van der Waals surface area contributed by atoms with Crippen molar-refractivity contribution in [1.82, 2.24) is 0 Å². The number of rotatable bonds is 14. The Kier molecular flexibility index (Phi) is 15.1. The van der Waals surface area contributed by atoms with Crippen molar-refractivity contribution in [3.63, 3.8) is 0 Å². The predicted molar refractivity (Wildman–Crippen MR) is 226 cm³/mol. The van der Waals surface area contributed by atoms with Gasteiger partial charge < -0.3 is 29.5 Å². The molecular formula is C48H68O9. The number of carbonyl (C=O) groups excluding carboxylic acids is 3. The molecule has 0 heterocycles. The van der Waals surface area contributed by atoms with E-state index in [1.54, 1.807) is 0 Å². The van der Waals surface area contributed by atoms with Gasteiger partial charge >= 0.3 is 17.9 Å². The van der Waals surface area contributed by atoms with Crippen molar-refractivity contribution in [1.29, 1.82) is 0 Å². The minimum atomic E-state index is -1.03. The molecule has 9 heteroatoms. The minimum Gasteiger partial charge on any atom is -0.507 e. The predicted octanol–water partition coefficient (Wildman–Crippen LogP) is 9.74. The summed E-state index contributed by atoms with van der Waals surface area (Å²) in [5.74, 6) is -0.752. The molecule has 0 aliphatic carbocycles. The number of aryl methyl sites for hydroxylation is 3. The van der Waals surface area contributed by atoms with Crippen LogP contribution in [-0.2, 0) is 64.1 Å². The van der Waals surface area contributed by atoms with E-state index in [4.69, 9.17) is 14.2 Å². The first-order valence-corrected chi connectivity index (χ1v) is 20.1. The molecule has 314 valence electrons. The lowest BCUT2D eigenvalue weighted by Crippen LogP contribution is -2.31. The lowest BCUT2D eigenvalue weighted by atomic mass is 9.82. The summed E-state index contributed by atoms with van der Waals surface area (Å²) in [6.07, 6.45) is 0.267. The summed E-state index contributed by atoms with van der Waals surface area (Å²) in [4.78, 5) is 39.5. The molecule has 0 bridgehead atoms. The smallest absolute Gasteiger partial charge is 0.306 e. The van der Waals surface area contributed by atoms with E-state index in [1.165, 1.54) is 0 Å². The standard InChI is InChI=1S/C48H68O9/c1-27-30(4)43(52)37(46(7,8)9)22-33(27)16-19-40(49)55-25-36(57-42(51)21-18-35-24-39(48(13,14)15)45(54)32(6)29(35)3)26-56-41(50)20-17-34-23-38(47(10,11)12)44(53)31(5)28(34)2/h22-24,36,52-54H,16-21,25-26H2,1-15H3. The van der Waals surface area contributed by atoms with Crippen molar-refractivity contribution in [2.75, 3.05) is 13.2 Å². The Morgan fingerprint density at radius 1 is 0.474 bits per heavy atom. The van der Waals surface area contributed by atoms with Crippen molar-refractivity contribution in [2.24, 2.45) is 0 Å². The van der Waals surface area contributed by atoms with Gasteiger partial charge in [0.1, 0.15) is 30.5 Å². The lowest BCUT2D eigenvalue weighted by molar-refractivity contribution is -0.166. The summed E-state index contributed by atoms with van der Waals surface area (Å²) in [7, 11) is 0. The number of phenols is 3. The van der Waals surface area contributed by atoms with Crippen LogP contribution in [0.1, 0.15) is 148 Å². The zero-order chi connectivity index (χ0) is 43.4. The van der Waals surface area contributed by atoms with E-state index in [0.717, 1.165) is 66.8 Å². The van der Waals surface area contributed by atoms with Crippen molar-refractivity contribution in [2.45, 2.75) is 165 Å². The molecule has 3 aromatic carbocycles. The first kappa shape index (κ1) is 46.8. The third kappa shape index (κ3) is 12.0. The number of ether oxygens (including phenoxy) is 3. The summed E-state index contributed by atoms with van der Waals surface area (Å²) >= 11 is 0. The fourth-order valence-corrected chi connectivity index (χ4v) is 7.00. The van der Waals surface area contributed by atoms with Crippen LogP contribution >= 0.6 is 0 Å². The van der Waals surface area contributed by atoms with Gasteiger partial charge in [-0.15, -0.1) is 0 Å². The maximum atomic E-state index is 13.3. The van der Waals surface area contributed by atoms with E-state index in [1.807, 2.05) is 122 Å². The van der Waals surface area contributed by atoms with Crippen LogP contribution in [0.5, 0.6) is 17.2 Å². The van der Waals surface area contributed by atoms with Gasteiger partial charge in [-0.05, 0) is 144 Å². The van der Waals surface area contributed by atoms with Gasteiger partial charge in [-0.1, -0.05) is 80.5 Å². The zero-order valence-corrected chi connectivity index (χ0v) is 37.3. The third-order valence-electron chi connectivity index (χ3n) is 11.3. The van der Waals surface area contributed by atoms with Crippen molar-refractivity contribution < 1.29 is 43.9 Å². The molecule has 9 nitrogen and oxygen atoms in total. The van der Waals surface area contributed by atoms with Crippen LogP contribution < -0.4 is 0 Å². The molecule has 0 spiro atoms.